The number of aromatic nitrogens is 1. The van der Waals surface area contributed by atoms with Gasteiger partial charge in [0.25, 0.3) is 5.69 Å². The number of nitrogens with one attached hydrogen (secondary N) is 1. The first-order valence-corrected chi connectivity index (χ1v) is 8.92. The summed E-state index contributed by atoms with van der Waals surface area (Å²) in [5, 5.41) is 15.8. The molecule has 0 atom stereocenters. The minimum absolute atomic E-state index is 0.0275. The van der Waals surface area contributed by atoms with Crippen LogP contribution in [0.2, 0.25) is 0 Å². The predicted octanol–water partition coefficient (Wildman–Crippen LogP) is 5.22. The zero-order valence-electron chi connectivity index (χ0n) is 14.2. The molecule has 0 radical (unpaired) electrons. The summed E-state index contributed by atoms with van der Waals surface area (Å²) in [7, 11) is 0. The van der Waals surface area contributed by atoms with Crippen molar-refractivity contribution in [1.29, 1.82) is 0 Å². The molecule has 2 heterocycles. The first-order valence-electron chi connectivity index (χ1n) is 8.10. The van der Waals surface area contributed by atoms with E-state index in [-0.39, 0.29) is 5.69 Å². The summed E-state index contributed by atoms with van der Waals surface area (Å²) < 4.78 is 6.83. The normalized spacial score (nSPS) is 11.3. The van der Waals surface area contributed by atoms with Crippen LogP contribution in [0.4, 0.5) is 10.8 Å². The summed E-state index contributed by atoms with van der Waals surface area (Å²) >= 11 is 1.51. The Morgan fingerprint density at radius 2 is 2.07 bits per heavy atom. The Kier molecular flexibility index (Phi) is 4.39. The van der Waals surface area contributed by atoms with Gasteiger partial charge in [-0.15, -0.1) is 0 Å². The van der Waals surface area contributed by atoms with Crippen molar-refractivity contribution in [1.82, 2.24) is 4.98 Å². The van der Waals surface area contributed by atoms with Crippen molar-refractivity contribution in [3.05, 3.63) is 76.0 Å². The zero-order chi connectivity index (χ0) is 18.8. The zero-order valence-corrected chi connectivity index (χ0v) is 15.1. The molecule has 0 unspecified atom stereocenters. The summed E-state index contributed by atoms with van der Waals surface area (Å²) in [6.07, 6.45) is 1.54. The largest absolute Gasteiger partial charge is 0.455 e. The number of anilines is 1. The van der Waals surface area contributed by atoms with E-state index in [1.807, 2.05) is 31.2 Å². The number of aryl methyl sites for hydroxylation is 1. The van der Waals surface area contributed by atoms with Gasteiger partial charge in [0.2, 0.25) is 5.13 Å². The number of para-hydroxylation sites is 1. The Bertz CT molecular complexity index is 1130. The number of fused-ring (bicyclic) bond motifs is 1. The molecule has 2 aromatic carbocycles. The number of non-ortho nitro benzene ring substituents is 1. The van der Waals surface area contributed by atoms with Gasteiger partial charge < -0.3 is 4.42 Å². The molecule has 0 amide bonds. The van der Waals surface area contributed by atoms with E-state index in [0.717, 1.165) is 15.8 Å². The van der Waals surface area contributed by atoms with Gasteiger partial charge in [-0.3, -0.25) is 15.5 Å². The monoisotopic (exact) mass is 378 g/mol. The Morgan fingerprint density at radius 1 is 1.22 bits per heavy atom. The van der Waals surface area contributed by atoms with Crippen LogP contribution in [-0.4, -0.2) is 16.1 Å². The van der Waals surface area contributed by atoms with E-state index in [1.54, 1.807) is 24.4 Å². The molecule has 0 aliphatic heterocycles. The average Bonchev–Trinajstić information content (AvgIpc) is 3.28. The van der Waals surface area contributed by atoms with Gasteiger partial charge in [-0.1, -0.05) is 29.5 Å². The van der Waals surface area contributed by atoms with Crippen LogP contribution in [0.1, 0.15) is 11.3 Å². The van der Waals surface area contributed by atoms with Gasteiger partial charge in [-0.25, -0.2) is 4.98 Å². The van der Waals surface area contributed by atoms with E-state index >= 15 is 0 Å². The lowest BCUT2D eigenvalue weighted by Gasteiger charge is -2.02. The molecule has 0 aliphatic carbocycles. The number of hydrogen-bond acceptors (Lipinski definition) is 7. The van der Waals surface area contributed by atoms with E-state index in [9.17, 15) is 10.1 Å². The van der Waals surface area contributed by atoms with Crippen LogP contribution < -0.4 is 5.43 Å². The third-order valence-electron chi connectivity index (χ3n) is 3.97. The molecule has 2 aromatic heterocycles. The topological polar surface area (TPSA) is 93.6 Å². The molecular weight excluding hydrogens is 364 g/mol. The van der Waals surface area contributed by atoms with Crippen molar-refractivity contribution in [3.8, 4) is 11.3 Å². The van der Waals surface area contributed by atoms with Crippen LogP contribution in [-0.2, 0) is 0 Å². The summed E-state index contributed by atoms with van der Waals surface area (Å²) in [6, 6.07) is 16.1. The fourth-order valence-corrected chi connectivity index (χ4v) is 3.44. The highest BCUT2D eigenvalue weighted by atomic mass is 32.1. The fraction of sp³-hybridized carbons (Fsp3) is 0.0526. The molecule has 0 fully saturated rings. The Morgan fingerprint density at radius 3 is 2.89 bits per heavy atom. The van der Waals surface area contributed by atoms with Gasteiger partial charge in [-0.05, 0) is 36.8 Å². The van der Waals surface area contributed by atoms with Gasteiger partial charge in [0, 0.05) is 17.7 Å². The number of hydrazone groups is 1. The van der Waals surface area contributed by atoms with Crippen molar-refractivity contribution in [2.75, 3.05) is 5.43 Å². The second-order valence-electron chi connectivity index (χ2n) is 5.82. The second-order valence-corrected chi connectivity index (χ2v) is 6.85. The number of thiazole rings is 1. The van der Waals surface area contributed by atoms with E-state index in [0.29, 0.717) is 22.2 Å². The van der Waals surface area contributed by atoms with Crippen LogP contribution >= 0.6 is 11.3 Å². The Labute approximate surface area is 158 Å². The number of nitro benzene ring substituents is 1. The number of nitro groups is 1. The minimum Gasteiger partial charge on any atom is -0.455 e. The number of furan rings is 1. The van der Waals surface area contributed by atoms with Crippen LogP contribution in [0.3, 0.4) is 0 Å². The van der Waals surface area contributed by atoms with E-state index in [4.69, 9.17) is 4.42 Å². The van der Waals surface area contributed by atoms with Gasteiger partial charge in [0.05, 0.1) is 21.4 Å². The number of rotatable bonds is 5. The van der Waals surface area contributed by atoms with Crippen molar-refractivity contribution in [3.63, 3.8) is 0 Å². The molecular formula is C19H14N4O3S. The Balaban J connectivity index is 1.52. The van der Waals surface area contributed by atoms with Gasteiger partial charge in [0.1, 0.15) is 11.5 Å². The Hall–Kier alpha value is -3.52. The SMILES string of the molecule is Cc1ccc([N+](=O)[O-])cc1-c1ccc(/C=N\Nc2nc3ccccc3s2)o1. The second kappa shape index (κ2) is 7.00. The van der Waals surface area contributed by atoms with E-state index in [2.05, 4.69) is 15.5 Å². The van der Waals surface area contributed by atoms with Gasteiger partial charge in [0.15, 0.2) is 0 Å². The molecule has 7 nitrogen and oxygen atoms in total. The summed E-state index contributed by atoms with van der Waals surface area (Å²) in [6.45, 7) is 1.88. The van der Waals surface area contributed by atoms with Crippen molar-refractivity contribution >= 4 is 38.6 Å². The maximum Gasteiger partial charge on any atom is 0.270 e. The van der Waals surface area contributed by atoms with E-state index < -0.39 is 4.92 Å². The van der Waals surface area contributed by atoms with Crippen LogP contribution in [0.15, 0.2) is 64.1 Å². The molecule has 134 valence electrons. The highest BCUT2D eigenvalue weighted by molar-refractivity contribution is 7.22. The fourth-order valence-electron chi connectivity index (χ4n) is 2.63. The number of nitrogens with zero attached hydrogens (tertiary/aromatic N) is 3. The number of hydrogen-bond donors (Lipinski definition) is 1. The van der Waals surface area contributed by atoms with Crippen molar-refractivity contribution < 1.29 is 9.34 Å². The summed E-state index contributed by atoms with van der Waals surface area (Å²) in [5.41, 5.74) is 5.42. The predicted molar refractivity (Wildman–Crippen MR) is 106 cm³/mol. The standard InChI is InChI=1S/C19H14N4O3S/c1-12-6-7-13(23(24)25)10-15(12)17-9-8-14(26-17)11-20-22-19-21-16-4-2-3-5-18(16)27-19/h2-11H,1H3,(H,21,22)/b20-11-. The molecule has 0 aliphatic rings. The summed E-state index contributed by atoms with van der Waals surface area (Å²) in [4.78, 5) is 15.0. The van der Waals surface area contributed by atoms with Crippen LogP contribution in [0, 0.1) is 17.0 Å². The van der Waals surface area contributed by atoms with Gasteiger partial charge >= 0.3 is 0 Å². The molecule has 0 spiro atoms. The molecule has 4 aromatic rings. The maximum absolute atomic E-state index is 11.0. The third kappa shape index (κ3) is 3.56. The lowest BCUT2D eigenvalue weighted by molar-refractivity contribution is -0.384. The molecule has 27 heavy (non-hydrogen) atoms. The molecule has 0 bridgehead atoms. The minimum atomic E-state index is -0.420. The first-order chi connectivity index (χ1) is 13.1. The quantitative estimate of drug-likeness (QED) is 0.292. The molecule has 0 saturated carbocycles. The molecule has 1 N–H and O–H groups in total. The first kappa shape index (κ1) is 16.9. The molecule has 8 heteroatoms. The average molecular weight is 378 g/mol. The highest BCUT2D eigenvalue weighted by Crippen LogP contribution is 2.29. The van der Waals surface area contributed by atoms with Crippen molar-refractivity contribution in [2.24, 2.45) is 5.10 Å². The lowest BCUT2D eigenvalue weighted by atomic mass is 10.1. The van der Waals surface area contributed by atoms with Crippen LogP contribution in [0.25, 0.3) is 21.5 Å². The van der Waals surface area contributed by atoms with Crippen molar-refractivity contribution in [2.45, 2.75) is 6.92 Å². The maximum atomic E-state index is 11.0. The molecule has 4 rings (SSSR count). The lowest BCUT2D eigenvalue weighted by Crippen LogP contribution is -1.90. The van der Waals surface area contributed by atoms with E-state index in [1.165, 1.54) is 23.5 Å². The third-order valence-corrected chi connectivity index (χ3v) is 4.91. The highest BCUT2D eigenvalue weighted by Gasteiger charge is 2.13. The van der Waals surface area contributed by atoms with Gasteiger partial charge in [-0.2, -0.15) is 5.10 Å². The number of benzene rings is 2. The van der Waals surface area contributed by atoms with Crippen LogP contribution in [0.5, 0.6) is 0 Å². The smallest absolute Gasteiger partial charge is 0.270 e. The molecule has 0 saturated heterocycles. The summed E-state index contributed by atoms with van der Waals surface area (Å²) in [5.74, 6) is 1.09.